The molecule has 0 aromatic heterocycles. The fraction of sp³-hybridized carbons (Fsp3) is 0.917. The van der Waals surface area contributed by atoms with Crippen LogP contribution in [-0.2, 0) is 9.53 Å². The molecule has 0 radical (unpaired) electrons. The number of carbonyl (C=O) groups excluding carboxylic acids is 1. The summed E-state index contributed by atoms with van der Waals surface area (Å²) in [6, 6.07) is 0. The van der Waals surface area contributed by atoms with E-state index in [1.165, 1.54) is 0 Å². The van der Waals surface area contributed by atoms with Crippen molar-refractivity contribution in [3.63, 3.8) is 0 Å². The molecule has 2 nitrogen and oxygen atoms in total. The van der Waals surface area contributed by atoms with Gasteiger partial charge in [0.05, 0.1) is 0 Å². The van der Waals surface area contributed by atoms with E-state index >= 15 is 0 Å². The van der Waals surface area contributed by atoms with Crippen molar-refractivity contribution in [3.05, 3.63) is 0 Å². The van der Waals surface area contributed by atoms with Gasteiger partial charge in [0.15, 0.2) is 0 Å². The Kier molecular flexibility index (Phi) is 8.95. The van der Waals surface area contributed by atoms with Crippen LogP contribution in [0.4, 0.5) is 0 Å². The van der Waals surface area contributed by atoms with Gasteiger partial charge in [0.2, 0.25) is 0 Å². The lowest BCUT2D eigenvalue weighted by atomic mass is 9.95. The van der Waals surface area contributed by atoms with Crippen LogP contribution in [0.15, 0.2) is 0 Å². The van der Waals surface area contributed by atoms with Crippen LogP contribution in [0.3, 0.4) is 0 Å². The van der Waals surface area contributed by atoms with E-state index in [0.29, 0.717) is 18.1 Å². The highest BCUT2D eigenvalue weighted by Gasteiger charge is 2.09. The Morgan fingerprint density at radius 3 is 2.36 bits per heavy atom. The maximum atomic E-state index is 11.5. The van der Waals surface area contributed by atoms with Crippen molar-refractivity contribution >= 4 is 5.78 Å². The average Bonchev–Trinajstić information content (AvgIpc) is 2.21. The maximum Gasteiger partial charge on any atom is 0.133 e. The molecule has 0 aliphatic carbocycles. The number of carbonyl (C=O) groups is 1. The number of hydrogen-bond donors (Lipinski definition) is 0. The number of ketones is 1. The Labute approximate surface area is 88.0 Å². The predicted octanol–water partition coefficient (Wildman–Crippen LogP) is 3.20. The van der Waals surface area contributed by atoms with Gasteiger partial charge >= 0.3 is 0 Å². The van der Waals surface area contributed by atoms with Crippen LogP contribution in [0, 0.1) is 5.92 Å². The van der Waals surface area contributed by atoms with Gasteiger partial charge in [0.25, 0.3) is 0 Å². The maximum absolute atomic E-state index is 11.5. The summed E-state index contributed by atoms with van der Waals surface area (Å²) in [7, 11) is 0. The Morgan fingerprint density at radius 2 is 1.86 bits per heavy atom. The lowest BCUT2D eigenvalue weighted by Gasteiger charge is -2.10. The largest absolute Gasteiger partial charge is 0.382 e. The van der Waals surface area contributed by atoms with Crippen molar-refractivity contribution in [3.8, 4) is 0 Å². The minimum absolute atomic E-state index is 0.401. The second-order valence-corrected chi connectivity index (χ2v) is 3.73. The minimum Gasteiger partial charge on any atom is -0.382 e. The second kappa shape index (κ2) is 9.20. The molecule has 0 unspecified atom stereocenters. The summed E-state index contributed by atoms with van der Waals surface area (Å²) in [4.78, 5) is 11.5. The molecular weight excluding hydrogens is 176 g/mol. The van der Waals surface area contributed by atoms with E-state index in [1.807, 2.05) is 6.92 Å². The van der Waals surface area contributed by atoms with Crippen molar-refractivity contribution in [2.24, 2.45) is 5.92 Å². The van der Waals surface area contributed by atoms with Gasteiger partial charge in [-0.15, -0.1) is 0 Å². The Hall–Kier alpha value is -0.370. The second-order valence-electron chi connectivity index (χ2n) is 3.73. The molecule has 0 atom stereocenters. The minimum atomic E-state index is 0.401. The third kappa shape index (κ3) is 7.07. The Morgan fingerprint density at radius 1 is 1.21 bits per heavy atom. The quantitative estimate of drug-likeness (QED) is 0.534. The highest BCUT2D eigenvalue weighted by molar-refractivity contribution is 5.78. The molecule has 0 heterocycles. The molecule has 0 amide bonds. The zero-order valence-corrected chi connectivity index (χ0v) is 9.84. The van der Waals surface area contributed by atoms with Crippen LogP contribution in [0.1, 0.15) is 52.9 Å². The summed E-state index contributed by atoms with van der Waals surface area (Å²) >= 11 is 0. The van der Waals surface area contributed by atoms with Crippen LogP contribution in [0.2, 0.25) is 0 Å². The Bertz CT molecular complexity index is 139. The molecular formula is C12H24O2. The third-order valence-electron chi connectivity index (χ3n) is 2.62. The van der Waals surface area contributed by atoms with Crippen molar-refractivity contribution in [2.45, 2.75) is 52.9 Å². The summed E-state index contributed by atoms with van der Waals surface area (Å²) in [5, 5.41) is 0. The van der Waals surface area contributed by atoms with E-state index in [-0.39, 0.29) is 0 Å². The molecule has 84 valence electrons. The monoisotopic (exact) mass is 200 g/mol. The van der Waals surface area contributed by atoms with Gasteiger partial charge in [-0.05, 0) is 19.3 Å². The molecule has 0 N–H and O–H groups in total. The predicted molar refractivity (Wildman–Crippen MR) is 59.4 cm³/mol. The molecule has 14 heavy (non-hydrogen) atoms. The van der Waals surface area contributed by atoms with Crippen molar-refractivity contribution in [1.82, 2.24) is 0 Å². The first kappa shape index (κ1) is 13.6. The van der Waals surface area contributed by atoms with Crippen molar-refractivity contribution in [2.75, 3.05) is 13.2 Å². The van der Waals surface area contributed by atoms with Gasteiger partial charge in [-0.2, -0.15) is 0 Å². The summed E-state index contributed by atoms with van der Waals surface area (Å²) in [5.41, 5.74) is 0. The zero-order valence-electron chi connectivity index (χ0n) is 9.84. The molecule has 0 rings (SSSR count). The molecule has 0 bridgehead atoms. The fourth-order valence-corrected chi connectivity index (χ4v) is 1.52. The van der Waals surface area contributed by atoms with Crippen LogP contribution >= 0.6 is 0 Å². The van der Waals surface area contributed by atoms with E-state index in [0.717, 1.165) is 38.9 Å². The lowest BCUT2D eigenvalue weighted by Crippen LogP contribution is -2.08. The van der Waals surface area contributed by atoms with E-state index < -0.39 is 0 Å². The summed E-state index contributed by atoms with van der Waals surface area (Å²) < 4.78 is 5.19. The summed E-state index contributed by atoms with van der Waals surface area (Å²) in [6.45, 7) is 7.77. The van der Waals surface area contributed by atoms with Gasteiger partial charge in [-0.3, -0.25) is 4.79 Å². The Balaban J connectivity index is 3.44. The topological polar surface area (TPSA) is 26.3 Å². The summed E-state index contributed by atoms with van der Waals surface area (Å²) in [6.07, 6.45) is 4.57. The lowest BCUT2D eigenvalue weighted by molar-refractivity contribution is -0.120. The molecule has 0 aromatic carbocycles. The molecule has 0 aliphatic rings. The zero-order chi connectivity index (χ0) is 10.8. The van der Waals surface area contributed by atoms with Gasteiger partial charge in [-0.1, -0.05) is 26.7 Å². The molecule has 0 fully saturated rings. The SMILES string of the molecule is CCOCCCC(=O)CC(CC)CC. The summed E-state index contributed by atoms with van der Waals surface area (Å²) in [5.74, 6) is 0.994. The van der Waals surface area contributed by atoms with E-state index in [2.05, 4.69) is 13.8 Å². The van der Waals surface area contributed by atoms with E-state index in [1.54, 1.807) is 0 Å². The van der Waals surface area contributed by atoms with E-state index in [9.17, 15) is 4.79 Å². The first-order valence-corrected chi connectivity index (χ1v) is 5.83. The van der Waals surface area contributed by atoms with Crippen molar-refractivity contribution in [1.29, 1.82) is 0 Å². The van der Waals surface area contributed by atoms with Gasteiger partial charge in [0, 0.05) is 26.1 Å². The van der Waals surface area contributed by atoms with Gasteiger partial charge in [-0.25, -0.2) is 0 Å². The van der Waals surface area contributed by atoms with Gasteiger partial charge < -0.3 is 4.74 Å². The van der Waals surface area contributed by atoms with Crippen LogP contribution < -0.4 is 0 Å². The molecule has 0 spiro atoms. The number of rotatable bonds is 9. The highest BCUT2D eigenvalue weighted by Crippen LogP contribution is 2.14. The molecule has 0 saturated heterocycles. The van der Waals surface area contributed by atoms with Gasteiger partial charge in [0.1, 0.15) is 5.78 Å². The molecule has 0 aromatic rings. The first-order valence-electron chi connectivity index (χ1n) is 5.83. The molecule has 2 heteroatoms. The van der Waals surface area contributed by atoms with E-state index in [4.69, 9.17) is 4.74 Å². The number of ether oxygens (including phenoxy) is 1. The number of Topliss-reactive ketones (excluding diaryl/α,β-unsaturated/α-hetero) is 1. The molecule has 0 saturated carbocycles. The first-order chi connectivity index (χ1) is 6.74. The number of hydrogen-bond acceptors (Lipinski definition) is 2. The van der Waals surface area contributed by atoms with Crippen LogP contribution in [0.5, 0.6) is 0 Å². The third-order valence-corrected chi connectivity index (χ3v) is 2.62. The smallest absolute Gasteiger partial charge is 0.133 e. The average molecular weight is 200 g/mol. The highest BCUT2D eigenvalue weighted by atomic mass is 16.5. The molecule has 0 aliphatic heterocycles. The normalized spacial score (nSPS) is 10.9. The van der Waals surface area contributed by atoms with Crippen LogP contribution in [0.25, 0.3) is 0 Å². The van der Waals surface area contributed by atoms with Crippen molar-refractivity contribution < 1.29 is 9.53 Å². The van der Waals surface area contributed by atoms with Crippen LogP contribution in [-0.4, -0.2) is 19.0 Å². The fourth-order valence-electron chi connectivity index (χ4n) is 1.52. The standard InChI is InChI=1S/C12H24O2/c1-4-11(5-2)10-12(13)8-7-9-14-6-3/h11H,4-10H2,1-3H3.